The molecule has 4 nitrogen and oxygen atoms in total. The van der Waals surface area contributed by atoms with E-state index in [1.54, 1.807) is 6.20 Å². The number of rotatable bonds is 6. The van der Waals surface area contributed by atoms with Crippen LogP contribution in [0.1, 0.15) is 0 Å². The quantitative estimate of drug-likeness (QED) is 0.173. The molecule has 0 saturated heterocycles. The van der Waals surface area contributed by atoms with E-state index in [9.17, 15) is 0 Å². The van der Waals surface area contributed by atoms with Crippen LogP contribution in [-0.4, -0.2) is 9.55 Å². The summed E-state index contributed by atoms with van der Waals surface area (Å²) >= 11 is 0. The molecule has 0 aliphatic carbocycles. The fraction of sp³-hybridized carbons (Fsp3) is 0. The molecule has 8 aromatic carbocycles. The Morgan fingerprint density at radius 3 is 1.91 bits per heavy atom. The number of para-hydroxylation sites is 3. The van der Waals surface area contributed by atoms with Crippen LogP contribution < -0.4 is 4.90 Å². The first-order chi connectivity index (χ1) is 27.3. The van der Waals surface area contributed by atoms with Gasteiger partial charge in [-0.1, -0.05) is 121 Å². The van der Waals surface area contributed by atoms with Gasteiger partial charge in [-0.2, -0.15) is 0 Å². The van der Waals surface area contributed by atoms with E-state index in [1.165, 1.54) is 38.2 Å². The van der Waals surface area contributed by atoms with Crippen molar-refractivity contribution in [2.75, 3.05) is 4.90 Å². The van der Waals surface area contributed by atoms with Gasteiger partial charge in [-0.25, -0.2) is 4.98 Å². The zero-order valence-electron chi connectivity index (χ0n) is 29.8. The van der Waals surface area contributed by atoms with Crippen molar-refractivity contribution in [2.24, 2.45) is 0 Å². The van der Waals surface area contributed by atoms with Gasteiger partial charge in [0.15, 0.2) is 0 Å². The number of hydrogen-bond acceptors (Lipinski definition) is 3. The van der Waals surface area contributed by atoms with Gasteiger partial charge in [0, 0.05) is 56.1 Å². The molecule has 0 spiro atoms. The van der Waals surface area contributed by atoms with E-state index in [0.717, 1.165) is 55.7 Å². The van der Waals surface area contributed by atoms with E-state index in [0.29, 0.717) is 5.71 Å². The molecule has 55 heavy (non-hydrogen) atoms. The first kappa shape index (κ1) is 31.1. The smallest absolute Gasteiger partial charge is 0.227 e. The molecule has 0 atom stereocenters. The maximum Gasteiger partial charge on any atom is 0.227 e. The van der Waals surface area contributed by atoms with Gasteiger partial charge in [0.1, 0.15) is 5.58 Å². The molecule has 0 fully saturated rings. The molecule has 0 saturated carbocycles. The molecule has 0 aliphatic heterocycles. The van der Waals surface area contributed by atoms with Crippen LogP contribution in [0.5, 0.6) is 0 Å². The Morgan fingerprint density at radius 2 is 1.07 bits per heavy atom. The predicted octanol–water partition coefficient (Wildman–Crippen LogP) is 14.0. The van der Waals surface area contributed by atoms with E-state index < -0.39 is 0 Å². The fourth-order valence-corrected chi connectivity index (χ4v) is 8.22. The molecule has 0 N–H and O–H groups in total. The minimum atomic E-state index is 0.656. The SMILES string of the molecule is c1ccc(-n2c3ccccc3c3ccc(N(c4ccc(-c5ccc6ccccc6c5)cc4)c4ccc(-c5cccc6c5oc5ncccc56)cc4)cc32)cc1. The second-order valence-corrected chi connectivity index (χ2v) is 14.0. The molecular formula is C51H33N3O. The minimum absolute atomic E-state index is 0.656. The van der Waals surface area contributed by atoms with Crippen molar-refractivity contribution in [3.63, 3.8) is 0 Å². The van der Waals surface area contributed by atoms with Gasteiger partial charge in [0.25, 0.3) is 0 Å². The van der Waals surface area contributed by atoms with Crippen molar-refractivity contribution < 1.29 is 4.42 Å². The van der Waals surface area contributed by atoms with Crippen LogP contribution in [0.3, 0.4) is 0 Å². The molecule has 0 bridgehead atoms. The lowest BCUT2D eigenvalue weighted by molar-refractivity contribution is 0.655. The first-order valence-electron chi connectivity index (χ1n) is 18.6. The number of aromatic nitrogens is 2. The summed E-state index contributed by atoms with van der Waals surface area (Å²) in [6.07, 6.45) is 1.78. The summed E-state index contributed by atoms with van der Waals surface area (Å²) in [4.78, 5) is 6.84. The highest BCUT2D eigenvalue weighted by Crippen LogP contribution is 2.42. The Labute approximate surface area is 317 Å². The molecule has 4 heteroatoms. The maximum atomic E-state index is 6.32. The van der Waals surface area contributed by atoms with E-state index in [-0.39, 0.29) is 0 Å². The zero-order valence-corrected chi connectivity index (χ0v) is 29.8. The fourth-order valence-electron chi connectivity index (χ4n) is 8.22. The number of nitrogens with zero attached hydrogens (tertiary/aromatic N) is 3. The van der Waals surface area contributed by atoms with Gasteiger partial charge >= 0.3 is 0 Å². The van der Waals surface area contributed by atoms with Crippen molar-refractivity contribution >= 4 is 71.7 Å². The molecule has 0 radical (unpaired) electrons. The zero-order chi connectivity index (χ0) is 36.3. The number of anilines is 3. The molecule has 0 unspecified atom stereocenters. The van der Waals surface area contributed by atoms with E-state index in [1.807, 2.05) is 6.07 Å². The molecular weight excluding hydrogens is 671 g/mol. The maximum absolute atomic E-state index is 6.32. The number of fused-ring (bicyclic) bond motifs is 7. The summed E-state index contributed by atoms with van der Waals surface area (Å²) < 4.78 is 8.69. The number of furan rings is 1. The lowest BCUT2D eigenvalue weighted by Gasteiger charge is -2.26. The standard InChI is InChI=1S/C51H33N3O/c1-2-12-39(13-3-1)54-48-18-7-6-14-44(48)45-30-29-42(33-49(45)54)53(40-25-21-35(22-26-40)38-20-19-34-10-4-5-11-37(34)32-38)41-27-23-36(24-28-41)43-15-8-16-46-47-17-9-31-52-51(47)55-50(43)46/h1-33H. The largest absolute Gasteiger partial charge is 0.437 e. The van der Waals surface area contributed by atoms with Gasteiger partial charge < -0.3 is 13.9 Å². The van der Waals surface area contributed by atoms with E-state index in [2.05, 4.69) is 203 Å². The molecule has 258 valence electrons. The average molecular weight is 704 g/mol. The van der Waals surface area contributed by atoms with Crippen molar-refractivity contribution in [3.8, 4) is 27.9 Å². The van der Waals surface area contributed by atoms with Gasteiger partial charge in [0.05, 0.1) is 11.0 Å². The van der Waals surface area contributed by atoms with E-state index >= 15 is 0 Å². The highest BCUT2D eigenvalue weighted by atomic mass is 16.3. The van der Waals surface area contributed by atoms with E-state index in [4.69, 9.17) is 4.42 Å². The highest BCUT2D eigenvalue weighted by Gasteiger charge is 2.19. The number of hydrogen-bond donors (Lipinski definition) is 0. The van der Waals surface area contributed by atoms with Crippen molar-refractivity contribution in [2.45, 2.75) is 0 Å². The van der Waals surface area contributed by atoms with Gasteiger partial charge in [-0.3, -0.25) is 0 Å². The lowest BCUT2D eigenvalue weighted by atomic mass is 10.0. The Morgan fingerprint density at radius 1 is 0.418 bits per heavy atom. The van der Waals surface area contributed by atoms with Crippen molar-refractivity contribution in [1.29, 1.82) is 0 Å². The molecule has 0 amide bonds. The molecule has 3 aromatic heterocycles. The van der Waals surface area contributed by atoms with Crippen LogP contribution in [0.15, 0.2) is 205 Å². The summed E-state index contributed by atoms with van der Waals surface area (Å²) in [6, 6.07) is 69.5. The summed E-state index contributed by atoms with van der Waals surface area (Å²) in [7, 11) is 0. The number of benzene rings is 8. The van der Waals surface area contributed by atoms with Gasteiger partial charge in [-0.15, -0.1) is 0 Å². The monoisotopic (exact) mass is 703 g/mol. The highest BCUT2D eigenvalue weighted by molar-refractivity contribution is 6.11. The third-order valence-electron chi connectivity index (χ3n) is 10.8. The average Bonchev–Trinajstić information content (AvgIpc) is 3.80. The van der Waals surface area contributed by atoms with Crippen molar-refractivity contribution in [3.05, 3.63) is 200 Å². The van der Waals surface area contributed by atoms with Gasteiger partial charge in [0.2, 0.25) is 5.71 Å². The second-order valence-electron chi connectivity index (χ2n) is 14.0. The summed E-state index contributed by atoms with van der Waals surface area (Å²) in [5, 5.41) is 7.03. The topological polar surface area (TPSA) is 34.2 Å². The predicted molar refractivity (Wildman–Crippen MR) is 229 cm³/mol. The van der Waals surface area contributed by atoms with Crippen LogP contribution in [0.25, 0.3) is 82.6 Å². The third kappa shape index (κ3) is 5.19. The third-order valence-corrected chi connectivity index (χ3v) is 10.8. The van der Waals surface area contributed by atoms with Crippen LogP contribution in [0.4, 0.5) is 17.1 Å². The van der Waals surface area contributed by atoms with Crippen LogP contribution in [-0.2, 0) is 0 Å². The minimum Gasteiger partial charge on any atom is -0.437 e. The second kappa shape index (κ2) is 12.6. The van der Waals surface area contributed by atoms with Crippen LogP contribution >= 0.6 is 0 Å². The molecule has 11 rings (SSSR count). The summed E-state index contributed by atoms with van der Waals surface area (Å²) in [5.74, 6) is 0. The number of pyridine rings is 1. The Bertz CT molecular complexity index is 3190. The lowest BCUT2D eigenvalue weighted by Crippen LogP contribution is -2.10. The normalized spacial score (nSPS) is 11.6. The first-order valence-corrected chi connectivity index (χ1v) is 18.6. The summed E-state index contributed by atoms with van der Waals surface area (Å²) in [5.41, 5.74) is 12.7. The summed E-state index contributed by atoms with van der Waals surface area (Å²) in [6.45, 7) is 0. The molecule has 0 aliphatic rings. The Kier molecular flexibility index (Phi) is 7.14. The van der Waals surface area contributed by atoms with Gasteiger partial charge in [-0.05, 0) is 100 Å². The Balaban J connectivity index is 1.06. The van der Waals surface area contributed by atoms with Crippen LogP contribution in [0, 0.1) is 0 Å². The Hall–Kier alpha value is -7.43. The molecule has 11 aromatic rings. The van der Waals surface area contributed by atoms with Crippen molar-refractivity contribution in [1.82, 2.24) is 9.55 Å². The van der Waals surface area contributed by atoms with Crippen LogP contribution in [0.2, 0.25) is 0 Å². The molecule has 3 heterocycles.